The van der Waals surface area contributed by atoms with Crippen LogP contribution >= 0.6 is 11.6 Å². The van der Waals surface area contributed by atoms with Crippen molar-refractivity contribution in [2.45, 2.75) is 69.1 Å². The lowest BCUT2D eigenvalue weighted by Crippen LogP contribution is -2.57. The van der Waals surface area contributed by atoms with Crippen LogP contribution in [0.2, 0.25) is 5.02 Å². The molecule has 1 saturated heterocycles. The molecule has 1 spiro atoms. The highest BCUT2D eigenvalue weighted by molar-refractivity contribution is 6.30. The highest BCUT2D eigenvalue weighted by Gasteiger charge is 2.46. The van der Waals surface area contributed by atoms with Crippen molar-refractivity contribution in [1.82, 2.24) is 20.9 Å². The van der Waals surface area contributed by atoms with Crippen LogP contribution in [-0.2, 0) is 39.2 Å². The van der Waals surface area contributed by atoms with Gasteiger partial charge in [-0.1, -0.05) is 72.3 Å². The molecule has 1 aliphatic carbocycles. The Morgan fingerprint density at radius 3 is 2.40 bits per heavy atom. The van der Waals surface area contributed by atoms with Gasteiger partial charge in [-0.3, -0.25) is 14.4 Å². The fourth-order valence-corrected chi connectivity index (χ4v) is 7.21. The van der Waals surface area contributed by atoms with Crippen LogP contribution in [-0.4, -0.2) is 47.8 Å². The quantitative estimate of drug-likeness (QED) is 0.405. The van der Waals surface area contributed by atoms with E-state index in [0.717, 1.165) is 30.4 Å². The first-order valence-corrected chi connectivity index (χ1v) is 15.2. The number of fused-ring (bicyclic) bond motifs is 3. The molecule has 2 heterocycles. The molecule has 7 nitrogen and oxygen atoms in total. The summed E-state index contributed by atoms with van der Waals surface area (Å²) in [5.74, 6) is -0.251. The molecule has 3 aromatic rings. The number of benzene rings is 3. The van der Waals surface area contributed by atoms with Crippen molar-refractivity contribution in [1.29, 1.82) is 0 Å². The normalized spacial score (nSPS) is 21.2. The van der Waals surface area contributed by atoms with Gasteiger partial charge in [0.1, 0.15) is 6.04 Å². The number of amides is 3. The first-order chi connectivity index (χ1) is 20.3. The smallest absolute Gasteiger partial charge is 0.245 e. The lowest BCUT2D eigenvalue weighted by atomic mass is 9.73. The molecule has 0 saturated carbocycles. The highest BCUT2D eigenvalue weighted by atomic mass is 35.5. The first-order valence-electron chi connectivity index (χ1n) is 14.8. The standard InChI is InChI=1S/C34H37ClN4O3/c1-22(40)37-31-20-34(28-9-5-4-8-27(28)31)14-16-39(17-15-34)33(42)30(18-23-10-12-26(35)13-11-23)38-32(41)29-19-24-6-2-3-7-25(24)21-36-29/h2-13,29-31,36H,14-21H2,1H3,(H,37,40)(H,38,41)/t29-,30?,31-/m1/s1. The molecule has 3 N–H and O–H groups in total. The number of hydrogen-bond acceptors (Lipinski definition) is 4. The summed E-state index contributed by atoms with van der Waals surface area (Å²) in [6, 6.07) is 22.9. The van der Waals surface area contributed by atoms with E-state index >= 15 is 0 Å². The van der Waals surface area contributed by atoms with Crippen molar-refractivity contribution in [2.24, 2.45) is 0 Å². The number of piperidine rings is 1. The average Bonchev–Trinajstić information content (AvgIpc) is 3.29. The number of rotatable bonds is 6. The van der Waals surface area contributed by atoms with Crippen LogP contribution in [0.4, 0.5) is 0 Å². The molecule has 218 valence electrons. The maximum atomic E-state index is 14.1. The fourth-order valence-electron chi connectivity index (χ4n) is 7.09. The van der Waals surface area contributed by atoms with Crippen molar-refractivity contribution in [3.63, 3.8) is 0 Å². The minimum atomic E-state index is -0.685. The van der Waals surface area contributed by atoms with E-state index in [1.165, 1.54) is 16.7 Å². The molecule has 8 heteroatoms. The number of carbonyl (C=O) groups excluding carboxylic acids is 3. The summed E-state index contributed by atoms with van der Waals surface area (Å²) in [6.45, 7) is 3.38. The van der Waals surface area contributed by atoms with Crippen LogP contribution in [0.25, 0.3) is 0 Å². The van der Waals surface area contributed by atoms with Gasteiger partial charge in [-0.15, -0.1) is 0 Å². The molecule has 3 aromatic carbocycles. The number of likely N-dealkylation sites (tertiary alicyclic amines) is 1. The predicted molar refractivity (Wildman–Crippen MR) is 163 cm³/mol. The number of nitrogens with one attached hydrogen (secondary N) is 3. The van der Waals surface area contributed by atoms with Crippen molar-refractivity contribution in [3.8, 4) is 0 Å². The largest absolute Gasteiger partial charge is 0.349 e. The van der Waals surface area contributed by atoms with Crippen molar-refractivity contribution in [2.75, 3.05) is 13.1 Å². The van der Waals surface area contributed by atoms with Crippen molar-refractivity contribution < 1.29 is 14.4 Å². The van der Waals surface area contributed by atoms with E-state index in [1.54, 1.807) is 6.92 Å². The molecule has 42 heavy (non-hydrogen) atoms. The summed E-state index contributed by atoms with van der Waals surface area (Å²) < 4.78 is 0. The molecule has 0 aromatic heterocycles. The minimum absolute atomic E-state index is 0.00832. The summed E-state index contributed by atoms with van der Waals surface area (Å²) in [5, 5.41) is 10.2. The fraction of sp³-hybridized carbons (Fsp3) is 0.382. The molecular formula is C34H37ClN4O3. The summed E-state index contributed by atoms with van der Waals surface area (Å²) in [5.41, 5.74) is 5.69. The van der Waals surface area contributed by atoms with Crippen molar-refractivity contribution >= 4 is 29.3 Å². The number of hydrogen-bond donors (Lipinski definition) is 3. The molecule has 1 fully saturated rings. The van der Waals surface area contributed by atoms with E-state index in [2.05, 4.69) is 46.3 Å². The molecule has 0 bridgehead atoms. The van der Waals surface area contributed by atoms with Gasteiger partial charge in [0.2, 0.25) is 17.7 Å². The van der Waals surface area contributed by atoms with Crippen LogP contribution in [0.1, 0.15) is 60.0 Å². The second kappa shape index (κ2) is 11.9. The van der Waals surface area contributed by atoms with Crippen LogP contribution in [0, 0.1) is 0 Å². The predicted octanol–water partition coefficient (Wildman–Crippen LogP) is 4.22. The maximum absolute atomic E-state index is 14.1. The van der Waals surface area contributed by atoms with E-state index in [9.17, 15) is 14.4 Å². The SMILES string of the molecule is CC(=O)N[C@@H]1CC2(CCN(C(=O)C(Cc3ccc(Cl)cc3)NC(=O)[C@H]3Cc4ccccc4CN3)CC2)c2ccccc21. The minimum Gasteiger partial charge on any atom is -0.349 e. The summed E-state index contributed by atoms with van der Waals surface area (Å²) >= 11 is 6.12. The van der Waals surface area contributed by atoms with Gasteiger partial charge in [-0.2, -0.15) is 0 Å². The third kappa shape index (κ3) is 5.81. The van der Waals surface area contributed by atoms with Crippen LogP contribution in [0.3, 0.4) is 0 Å². The maximum Gasteiger partial charge on any atom is 0.245 e. The third-order valence-corrected chi connectivity index (χ3v) is 9.53. The van der Waals surface area contributed by atoms with E-state index in [1.807, 2.05) is 47.4 Å². The zero-order chi connectivity index (χ0) is 29.3. The zero-order valence-electron chi connectivity index (χ0n) is 23.9. The van der Waals surface area contributed by atoms with Gasteiger partial charge in [0.05, 0.1) is 12.1 Å². The number of carbonyl (C=O) groups is 3. The number of nitrogens with zero attached hydrogens (tertiary/aromatic N) is 1. The Kier molecular flexibility index (Phi) is 8.06. The third-order valence-electron chi connectivity index (χ3n) is 9.28. The van der Waals surface area contributed by atoms with Crippen LogP contribution in [0.5, 0.6) is 0 Å². The Bertz CT molecular complexity index is 1480. The monoisotopic (exact) mass is 584 g/mol. The molecular weight excluding hydrogens is 548 g/mol. The first kappa shape index (κ1) is 28.4. The second-order valence-corrected chi connectivity index (χ2v) is 12.4. The zero-order valence-corrected chi connectivity index (χ0v) is 24.6. The van der Waals surface area contributed by atoms with Gasteiger partial charge >= 0.3 is 0 Å². The molecule has 6 rings (SSSR count). The molecule has 0 radical (unpaired) electrons. The summed E-state index contributed by atoms with van der Waals surface area (Å²) in [6.07, 6.45) is 3.45. The van der Waals surface area contributed by atoms with Gasteiger partial charge in [0, 0.05) is 43.4 Å². The Labute approximate surface area is 252 Å². The van der Waals surface area contributed by atoms with Gasteiger partial charge < -0.3 is 20.9 Å². The van der Waals surface area contributed by atoms with Crippen LogP contribution in [0.15, 0.2) is 72.8 Å². The molecule has 2 aliphatic heterocycles. The van der Waals surface area contributed by atoms with E-state index < -0.39 is 12.1 Å². The second-order valence-electron chi connectivity index (χ2n) is 11.9. The van der Waals surface area contributed by atoms with Crippen LogP contribution < -0.4 is 16.0 Å². The Morgan fingerprint density at radius 2 is 1.67 bits per heavy atom. The van der Waals surface area contributed by atoms with Gasteiger partial charge in [0.15, 0.2) is 0 Å². The average molecular weight is 585 g/mol. The number of halogens is 1. The van der Waals surface area contributed by atoms with Gasteiger partial charge in [-0.25, -0.2) is 0 Å². The Balaban J connectivity index is 1.17. The lowest BCUT2D eigenvalue weighted by Gasteiger charge is -2.41. The van der Waals surface area contributed by atoms with Gasteiger partial charge in [0.25, 0.3) is 0 Å². The molecule has 3 atom stereocenters. The summed E-state index contributed by atoms with van der Waals surface area (Å²) in [7, 11) is 0. The van der Waals surface area contributed by atoms with E-state index in [4.69, 9.17) is 11.6 Å². The Morgan fingerprint density at radius 1 is 0.976 bits per heavy atom. The van der Waals surface area contributed by atoms with Gasteiger partial charge in [-0.05, 0) is 65.6 Å². The van der Waals surface area contributed by atoms with Crippen molar-refractivity contribution in [3.05, 3.63) is 106 Å². The van der Waals surface area contributed by atoms with E-state index in [0.29, 0.717) is 37.5 Å². The topological polar surface area (TPSA) is 90.5 Å². The molecule has 1 unspecified atom stereocenters. The molecule has 3 amide bonds. The highest BCUT2D eigenvalue weighted by Crippen LogP contribution is 2.50. The Hall–Kier alpha value is -3.68. The summed E-state index contributed by atoms with van der Waals surface area (Å²) in [4.78, 5) is 41.4. The van der Waals surface area contributed by atoms with E-state index in [-0.39, 0.29) is 29.2 Å². The lowest BCUT2D eigenvalue weighted by molar-refractivity contribution is -0.138. The molecule has 3 aliphatic rings.